The number of hydrogen-bond donors (Lipinski definition) is 0. The molecule has 3 aliphatic rings. The van der Waals surface area contributed by atoms with Crippen LogP contribution in [0.15, 0.2) is 36.5 Å². The molecular formula is C22H25N3O4. The highest BCUT2D eigenvalue weighted by molar-refractivity contribution is 5.90. The highest BCUT2D eigenvalue weighted by Crippen LogP contribution is 2.42. The van der Waals surface area contributed by atoms with Crippen LogP contribution in [0.5, 0.6) is 0 Å². The van der Waals surface area contributed by atoms with Crippen molar-refractivity contribution >= 4 is 11.9 Å². The first-order chi connectivity index (χ1) is 14.0. The topological polar surface area (TPSA) is 73.7 Å². The third-order valence-electron chi connectivity index (χ3n) is 6.45. The van der Waals surface area contributed by atoms with Crippen LogP contribution in [0.25, 0.3) is 5.69 Å². The van der Waals surface area contributed by atoms with Crippen molar-refractivity contribution in [3.63, 3.8) is 0 Å². The summed E-state index contributed by atoms with van der Waals surface area (Å²) in [5.41, 5.74) is 1.78. The average molecular weight is 395 g/mol. The van der Waals surface area contributed by atoms with E-state index in [1.165, 1.54) is 5.56 Å². The molecule has 5 rings (SSSR count). The van der Waals surface area contributed by atoms with Gasteiger partial charge < -0.3 is 14.4 Å². The van der Waals surface area contributed by atoms with Crippen molar-refractivity contribution in [1.29, 1.82) is 0 Å². The summed E-state index contributed by atoms with van der Waals surface area (Å²) in [7, 11) is 0. The van der Waals surface area contributed by atoms with Crippen LogP contribution >= 0.6 is 0 Å². The van der Waals surface area contributed by atoms with E-state index >= 15 is 0 Å². The maximum atomic E-state index is 13.0. The number of ether oxygens (including phenoxy) is 2. The zero-order valence-corrected chi connectivity index (χ0v) is 16.6. The van der Waals surface area contributed by atoms with Crippen LogP contribution < -0.4 is 0 Å². The normalized spacial score (nSPS) is 25.7. The number of para-hydroxylation sites is 1. The van der Waals surface area contributed by atoms with Gasteiger partial charge in [-0.25, -0.2) is 4.68 Å². The van der Waals surface area contributed by atoms with E-state index in [2.05, 4.69) is 6.20 Å². The molecule has 0 aliphatic carbocycles. The molecule has 3 aliphatic heterocycles. The molecular weight excluding hydrogens is 370 g/mol. The van der Waals surface area contributed by atoms with Gasteiger partial charge in [0.1, 0.15) is 5.60 Å². The summed E-state index contributed by atoms with van der Waals surface area (Å²) >= 11 is 0. The molecule has 0 radical (unpaired) electrons. The minimum Gasteiger partial charge on any atom is -0.449 e. The van der Waals surface area contributed by atoms with Gasteiger partial charge in [-0.2, -0.15) is 5.10 Å². The molecule has 4 heterocycles. The lowest BCUT2D eigenvalue weighted by Crippen LogP contribution is -2.53. The number of nitrogens with zero attached hydrogens (tertiary/aromatic N) is 3. The van der Waals surface area contributed by atoms with Gasteiger partial charge in [0.05, 0.1) is 18.0 Å². The maximum absolute atomic E-state index is 13.0. The number of amides is 1. The molecule has 0 bridgehead atoms. The van der Waals surface area contributed by atoms with Crippen molar-refractivity contribution in [3.05, 3.63) is 47.8 Å². The molecule has 0 N–H and O–H groups in total. The Morgan fingerprint density at radius 1 is 1.10 bits per heavy atom. The molecule has 1 atom stereocenters. The Morgan fingerprint density at radius 3 is 2.55 bits per heavy atom. The minimum absolute atomic E-state index is 0.0935. The standard InChI is InChI=1S/C22H25N3O4/c1-21(9-7-18(26)29-21)20(27)24-12-10-22(11-13-24)19-16(8-14-28-22)15-25(23-19)17-5-3-2-4-6-17/h2-6,15H,7-14H2,1H3. The van der Waals surface area contributed by atoms with Gasteiger partial charge in [0.25, 0.3) is 5.91 Å². The third kappa shape index (κ3) is 3.04. The van der Waals surface area contributed by atoms with Gasteiger partial charge in [-0.05, 0) is 43.9 Å². The molecule has 1 aromatic heterocycles. The SMILES string of the molecule is CC1(C(=O)N2CCC3(CC2)OCCc2cn(-c4ccccc4)nc23)CCC(=O)O1. The van der Waals surface area contributed by atoms with E-state index in [1.807, 2.05) is 39.9 Å². The summed E-state index contributed by atoms with van der Waals surface area (Å²) in [5, 5.41) is 4.89. The lowest BCUT2D eigenvalue weighted by molar-refractivity contribution is -0.167. The molecule has 7 nitrogen and oxygen atoms in total. The van der Waals surface area contributed by atoms with Gasteiger partial charge in [-0.1, -0.05) is 18.2 Å². The van der Waals surface area contributed by atoms with Gasteiger partial charge >= 0.3 is 5.97 Å². The van der Waals surface area contributed by atoms with Crippen molar-refractivity contribution in [2.24, 2.45) is 0 Å². The summed E-state index contributed by atoms with van der Waals surface area (Å²) in [4.78, 5) is 26.3. The predicted molar refractivity (Wildman–Crippen MR) is 104 cm³/mol. The van der Waals surface area contributed by atoms with Gasteiger partial charge in [-0.15, -0.1) is 0 Å². The summed E-state index contributed by atoms with van der Waals surface area (Å²) < 4.78 is 13.5. The first kappa shape index (κ1) is 18.4. The smallest absolute Gasteiger partial charge is 0.307 e. The largest absolute Gasteiger partial charge is 0.449 e. The van der Waals surface area contributed by atoms with Gasteiger partial charge in [0.2, 0.25) is 0 Å². The van der Waals surface area contributed by atoms with Crippen molar-refractivity contribution in [2.45, 2.75) is 50.2 Å². The number of benzene rings is 1. The number of carbonyl (C=O) groups is 2. The zero-order valence-electron chi connectivity index (χ0n) is 16.6. The maximum Gasteiger partial charge on any atom is 0.307 e. The van der Waals surface area contributed by atoms with Crippen LogP contribution in [0.1, 0.15) is 43.9 Å². The number of esters is 1. The predicted octanol–water partition coefficient (Wildman–Crippen LogP) is 2.36. The average Bonchev–Trinajstić information content (AvgIpc) is 3.34. The van der Waals surface area contributed by atoms with E-state index < -0.39 is 11.2 Å². The Hall–Kier alpha value is -2.67. The van der Waals surface area contributed by atoms with E-state index in [0.29, 0.717) is 45.4 Å². The molecule has 2 fully saturated rings. The van der Waals surface area contributed by atoms with E-state index in [-0.39, 0.29) is 11.9 Å². The summed E-state index contributed by atoms with van der Waals surface area (Å²) in [6.45, 7) is 3.53. The number of cyclic esters (lactones) is 1. The van der Waals surface area contributed by atoms with Crippen molar-refractivity contribution < 1.29 is 19.1 Å². The number of fused-ring (bicyclic) bond motifs is 2. The fourth-order valence-electron chi connectivity index (χ4n) is 4.75. The Balaban J connectivity index is 1.36. The van der Waals surface area contributed by atoms with E-state index in [4.69, 9.17) is 14.6 Å². The Labute approximate surface area is 169 Å². The third-order valence-corrected chi connectivity index (χ3v) is 6.45. The highest BCUT2D eigenvalue weighted by atomic mass is 16.6. The van der Waals surface area contributed by atoms with Gasteiger partial charge in [0, 0.05) is 32.1 Å². The number of rotatable bonds is 2. The van der Waals surface area contributed by atoms with Crippen LogP contribution in [0.2, 0.25) is 0 Å². The first-order valence-corrected chi connectivity index (χ1v) is 10.3. The molecule has 1 amide bonds. The second-order valence-corrected chi connectivity index (χ2v) is 8.37. The molecule has 1 unspecified atom stereocenters. The molecule has 152 valence electrons. The number of carbonyl (C=O) groups excluding carboxylic acids is 2. The fraction of sp³-hybridized carbons (Fsp3) is 0.500. The lowest BCUT2D eigenvalue weighted by atomic mass is 9.83. The highest BCUT2D eigenvalue weighted by Gasteiger charge is 2.49. The lowest BCUT2D eigenvalue weighted by Gasteiger charge is -2.44. The molecule has 1 aromatic carbocycles. The zero-order chi connectivity index (χ0) is 20.1. The number of piperidine rings is 1. The van der Waals surface area contributed by atoms with Gasteiger partial charge in [-0.3, -0.25) is 9.59 Å². The number of aromatic nitrogens is 2. The van der Waals surface area contributed by atoms with Crippen LogP contribution in [0, 0.1) is 0 Å². The Morgan fingerprint density at radius 2 is 1.86 bits per heavy atom. The molecule has 2 saturated heterocycles. The summed E-state index contributed by atoms with van der Waals surface area (Å²) in [6, 6.07) is 10.1. The number of likely N-dealkylation sites (tertiary alicyclic amines) is 1. The molecule has 0 saturated carbocycles. The molecule has 2 aromatic rings. The Bertz CT molecular complexity index is 946. The quantitative estimate of drug-likeness (QED) is 0.730. The van der Waals surface area contributed by atoms with Crippen molar-refractivity contribution in [3.8, 4) is 5.69 Å². The van der Waals surface area contributed by atoms with E-state index in [0.717, 1.165) is 17.8 Å². The van der Waals surface area contributed by atoms with E-state index in [1.54, 1.807) is 6.92 Å². The Kier molecular flexibility index (Phi) is 4.24. The van der Waals surface area contributed by atoms with Crippen LogP contribution in [0.3, 0.4) is 0 Å². The van der Waals surface area contributed by atoms with Crippen LogP contribution in [-0.2, 0) is 31.1 Å². The molecule has 7 heteroatoms. The second kappa shape index (κ2) is 6.69. The summed E-state index contributed by atoms with van der Waals surface area (Å²) in [6.07, 6.45) is 5.10. The molecule has 1 spiro atoms. The number of hydrogen-bond acceptors (Lipinski definition) is 5. The minimum atomic E-state index is -1.02. The fourth-order valence-corrected chi connectivity index (χ4v) is 4.75. The monoisotopic (exact) mass is 395 g/mol. The van der Waals surface area contributed by atoms with Crippen LogP contribution in [0.4, 0.5) is 0 Å². The molecule has 29 heavy (non-hydrogen) atoms. The summed E-state index contributed by atoms with van der Waals surface area (Å²) in [5.74, 6) is -0.384. The van der Waals surface area contributed by atoms with Gasteiger partial charge in [0.15, 0.2) is 5.60 Å². The van der Waals surface area contributed by atoms with Crippen LogP contribution in [-0.4, -0.2) is 51.9 Å². The van der Waals surface area contributed by atoms with Crippen molar-refractivity contribution in [1.82, 2.24) is 14.7 Å². The first-order valence-electron chi connectivity index (χ1n) is 10.3. The van der Waals surface area contributed by atoms with E-state index in [9.17, 15) is 9.59 Å². The second-order valence-electron chi connectivity index (χ2n) is 8.37. The van der Waals surface area contributed by atoms with Crippen molar-refractivity contribution in [2.75, 3.05) is 19.7 Å².